The number of amides is 2. The molecule has 0 spiro atoms. The monoisotopic (exact) mass is 378 g/mol. The summed E-state index contributed by atoms with van der Waals surface area (Å²) in [6.07, 6.45) is 1.82. The summed E-state index contributed by atoms with van der Waals surface area (Å²) in [6.45, 7) is 1.96. The highest BCUT2D eigenvalue weighted by Crippen LogP contribution is 2.29. The van der Waals surface area contributed by atoms with Gasteiger partial charge in [-0.15, -0.1) is 0 Å². The van der Waals surface area contributed by atoms with E-state index in [0.717, 1.165) is 23.3 Å². The Hall–Kier alpha value is -3.74. The zero-order chi connectivity index (χ0) is 19.7. The number of rotatable bonds is 3. The van der Waals surface area contributed by atoms with Gasteiger partial charge in [0, 0.05) is 23.5 Å². The molecule has 2 amide bonds. The summed E-state index contributed by atoms with van der Waals surface area (Å²) in [6, 6.07) is 15.8. The molecule has 0 unspecified atom stereocenters. The van der Waals surface area contributed by atoms with Gasteiger partial charge in [-0.05, 0) is 36.8 Å². The molecule has 0 atom stereocenters. The van der Waals surface area contributed by atoms with Crippen LogP contribution in [0.4, 0.5) is 25.1 Å². The second-order valence-electron chi connectivity index (χ2n) is 6.32. The molecule has 0 aliphatic heterocycles. The van der Waals surface area contributed by atoms with Crippen LogP contribution in [0.3, 0.4) is 0 Å². The number of fused-ring (bicyclic) bond motifs is 1. The van der Waals surface area contributed by atoms with Crippen LogP contribution in [0.15, 0.2) is 66.9 Å². The third-order valence-corrected chi connectivity index (χ3v) is 4.24. The zero-order valence-corrected chi connectivity index (χ0v) is 14.9. The first-order valence-corrected chi connectivity index (χ1v) is 8.58. The molecular formula is C21H16F2N4O. The molecule has 7 heteroatoms. The summed E-state index contributed by atoms with van der Waals surface area (Å²) in [7, 11) is 0. The lowest BCUT2D eigenvalue weighted by molar-refractivity contribution is 0.262. The Labute approximate surface area is 159 Å². The predicted octanol–water partition coefficient (Wildman–Crippen LogP) is 5.23. The summed E-state index contributed by atoms with van der Waals surface area (Å²) in [4.78, 5) is 17.1. The molecule has 0 bridgehead atoms. The summed E-state index contributed by atoms with van der Waals surface area (Å²) >= 11 is 0. The average Bonchev–Trinajstić information content (AvgIpc) is 3.02. The number of urea groups is 1. The second-order valence-corrected chi connectivity index (χ2v) is 6.32. The van der Waals surface area contributed by atoms with Crippen molar-refractivity contribution >= 4 is 23.2 Å². The summed E-state index contributed by atoms with van der Waals surface area (Å²) in [5.74, 6) is -1.54. The van der Waals surface area contributed by atoms with Crippen molar-refractivity contribution in [3.63, 3.8) is 0 Å². The van der Waals surface area contributed by atoms with Crippen LogP contribution in [-0.4, -0.2) is 15.4 Å². The van der Waals surface area contributed by atoms with Crippen LogP contribution in [0, 0.1) is 18.6 Å². The maximum absolute atomic E-state index is 13.4. The summed E-state index contributed by atoms with van der Waals surface area (Å²) < 4.78 is 28.2. The molecule has 4 aromatic rings. The molecule has 0 saturated heterocycles. The Balaban J connectivity index is 1.70. The molecule has 0 radical (unpaired) electrons. The number of aryl methyl sites for hydroxylation is 1. The number of hydrogen-bond donors (Lipinski definition) is 2. The highest BCUT2D eigenvalue weighted by Gasteiger charge is 2.17. The molecule has 2 aromatic carbocycles. The molecule has 5 nitrogen and oxygen atoms in total. The van der Waals surface area contributed by atoms with E-state index >= 15 is 0 Å². The van der Waals surface area contributed by atoms with E-state index in [4.69, 9.17) is 0 Å². The van der Waals surface area contributed by atoms with E-state index in [2.05, 4.69) is 15.6 Å². The third-order valence-electron chi connectivity index (χ3n) is 4.24. The SMILES string of the molecule is Cc1ccn2c(NC(=O)Nc3ccc(F)c(F)c3)c(-c3ccccc3)nc2c1. The molecular weight excluding hydrogens is 362 g/mol. The highest BCUT2D eigenvalue weighted by molar-refractivity contribution is 6.01. The van der Waals surface area contributed by atoms with Gasteiger partial charge >= 0.3 is 6.03 Å². The van der Waals surface area contributed by atoms with Gasteiger partial charge in [-0.25, -0.2) is 18.6 Å². The number of aromatic nitrogens is 2. The molecule has 140 valence electrons. The van der Waals surface area contributed by atoms with Crippen molar-refractivity contribution in [3.05, 3.63) is 84.1 Å². The Morgan fingerprint density at radius 3 is 2.50 bits per heavy atom. The van der Waals surface area contributed by atoms with Crippen LogP contribution >= 0.6 is 0 Å². The molecule has 2 aromatic heterocycles. The molecule has 2 heterocycles. The maximum atomic E-state index is 13.4. The number of carbonyl (C=O) groups excluding carboxylic acids is 1. The Morgan fingerprint density at radius 1 is 0.964 bits per heavy atom. The van der Waals surface area contributed by atoms with E-state index in [9.17, 15) is 13.6 Å². The smallest absolute Gasteiger partial charge is 0.308 e. The molecule has 4 rings (SSSR count). The zero-order valence-electron chi connectivity index (χ0n) is 14.9. The van der Waals surface area contributed by atoms with Gasteiger partial charge in [0.15, 0.2) is 11.6 Å². The van der Waals surface area contributed by atoms with Crippen molar-refractivity contribution in [3.8, 4) is 11.3 Å². The standard InChI is InChI=1S/C21H16F2N4O/c1-13-9-10-27-18(11-13)25-19(14-5-3-2-4-6-14)20(27)26-21(28)24-15-7-8-16(22)17(23)12-15/h2-12H,1H3,(H2,24,26,28). The minimum absolute atomic E-state index is 0.141. The van der Waals surface area contributed by atoms with Gasteiger partial charge in [-0.1, -0.05) is 30.3 Å². The molecule has 0 aliphatic rings. The van der Waals surface area contributed by atoms with E-state index in [1.807, 2.05) is 55.6 Å². The number of imidazole rings is 1. The Kier molecular flexibility index (Phi) is 4.49. The topological polar surface area (TPSA) is 58.4 Å². The van der Waals surface area contributed by atoms with Crippen LogP contribution in [0.2, 0.25) is 0 Å². The van der Waals surface area contributed by atoms with Crippen molar-refractivity contribution in [2.45, 2.75) is 6.92 Å². The quantitative estimate of drug-likeness (QED) is 0.513. The van der Waals surface area contributed by atoms with Crippen molar-refractivity contribution in [2.75, 3.05) is 10.6 Å². The fourth-order valence-corrected chi connectivity index (χ4v) is 2.91. The maximum Gasteiger partial charge on any atom is 0.324 e. The van der Waals surface area contributed by atoms with Gasteiger partial charge in [0.2, 0.25) is 0 Å². The number of anilines is 2. The summed E-state index contributed by atoms with van der Waals surface area (Å²) in [5.41, 5.74) is 3.30. The average molecular weight is 378 g/mol. The number of hydrogen-bond acceptors (Lipinski definition) is 2. The van der Waals surface area contributed by atoms with Crippen LogP contribution in [-0.2, 0) is 0 Å². The number of pyridine rings is 1. The van der Waals surface area contributed by atoms with Gasteiger partial charge in [0.25, 0.3) is 0 Å². The van der Waals surface area contributed by atoms with Crippen molar-refractivity contribution in [1.29, 1.82) is 0 Å². The number of halogens is 2. The second kappa shape index (κ2) is 7.11. The number of benzene rings is 2. The van der Waals surface area contributed by atoms with Crippen molar-refractivity contribution in [1.82, 2.24) is 9.38 Å². The molecule has 0 fully saturated rings. The summed E-state index contributed by atoms with van der Waals surface area (Å²) in [5, 5.41) is 5.27. The first kappa shape index (κ1) is 17.7. The minimum atomic E-state index is -1.03. The molecule has 2 N–H and O–H groups in total. The predicted molar refractivity (Wildman–Crippen MR) is 104 cm³/mol. The lowest BCUT2D eigenvalue weighted by Gasteiger charge is -2.10. The number of nitrogens with one attached hydrogen (secondary N) is 2. The normalized spacial score (nSPS) is 10.8. The Bertz CT molecular complexity index is 1170. The third kappa shape index (κ3) is 3.42. The largest absolute Gasteiger partial charge is 0.324 e. The van der Waals surface area contributed by atoms with Crippen LogP contribution in [0.5, 0.6) is 0 Å². The fraction of sp³-hybridized carbons (Fsp3) is 0.0476. The Morgan fingerprint density at radius 2 is 1.75 bits per heavy atom. The molecule has 0 saturated carbocycles. The van der Waals surface area contributed by atoms with Gasteiger partial charge in [-0.3, -0.25) is 9.72 Å². The van der Waals surface area contributed by atoms with Gasteiger partial charge in [0.05, 0.1) is 0 Å². The van der Waals surface area contributed by atoms with Crippen molar-refractivity contribution < 1.29 is 13.6 Å². The van der Waals surface area contributed by atoms with E-state index < -0.39 is 17.7 Å². The van der Waals surface area contributed by atoms with E-state index in [-0.39, 0.29) is 5.69 Å². The van der Waals surface area contributed by atoms with Crippen LogP contribution in [0.1, 0.15) is 5.56 Å². The molecule has 0 aliphatic carbocycles. The lowest BCUT2D eigenvalue weighted by atomic mass is 10.1. The minimum Gasteiger partial charge on any atom is -0.308 e. The molecule has 28 heavy (non-hydrogen) atoms. The van der Waals surface area contributed by atoms with Crippen LogP contribution < -0.4 is 10.6 Å². The van der Waals surface area contributed by atoms with E-state index in [1.54, 1.807) is 4.40 Å². The number of nitrogens with zero attached hydrogens (tertiary/aromatic N) is 2. The number of carbonyl (C=O) groups is 1. The van der Waals surface area contributed by atoms with E-state index in [1.165, 1.54) is 6.07 Å². The van der Waals surface area contributed by atoms with Crippen LogP contribution in [0.25, 0.3) is 16.9 Å². The van der Waals surface area contributed by atoms with Gasteiger partial charge in [-0.2, -0.15) is 0 Å². The van der Waals surface area contributed by atoms with Crippen molar-refractivity contribution in [2.24, 2.45) is 0 Å². The van der Waals surface area contributed by atoms with E-state index in [0.29, 0.717) is 17.2 Å². The van der Waals surface area contributed by atoms with Gasteiger partial charge in [0.1, 0.15) is 17.2 Å². The first-order valence-electron chi connectivity index (χ1n) is 8.58. The highest BCUT2D eigenvalue weighted by atomic mass is 19.2. The fourth-order valence-electron chi connectivity index (χ4n) is 2.91. The lowest BCUT2D eigenvalue weighted by Crippen LogP contribution is -2.21. The first-order chi connectivity index (χ1) is 13.5. The van der Waals surface area contributed by atoms with Gasteiger partial charge < -0.3 is 5.32 Å².